The van der Waals surface area contributed by atoms with Gasteiger partial charge in [0.25, 0.3) is 0 Å². The predicted octanol–water partition coefficient (Wildman–Crippen LogP) is -3.23. The van der Waals surface area contributed by atoms with E-state index in [0.29, 0.717) is 6.16 Å². The molecular formula is C8H18NaO6P. The zero-order chi connectivity index (χ0) is 11.6. The van der Waals surface area contributed by atoms with Crippen LogP contribution < -0.4 is 0 Å². The Hall–Kier alpha value is 1.19. The first-order valence-corrected chi connectivity index (χ1v) is 5.53. The molecule has 0 aliphatic carbocycles. The molecule has 6 atom stereocenters. The molecule has 0 aromatic carbocycles. The molecule has 0 radical (unpaired) electrons. The molecule has 1 aliphatic heterocycles. The summed E-state index contributed by atoms with van der Waals surface area (Å²) in [7, 11) is 2.35. The van der Waals surface area contributed by atoms with E-state index in [1.807, 2.05) is 0 Å². The normalized spacial score (nSPS) is 43.9. The van der Waals surface area contributed by atoms with Gasteiger partial charge < -0.3 is 30.3 Å². The fourth-order valence-electron chi connectivity index (χ4n) is 1.63. The van der Waals surface area contributed by atoms with Gasteiger partial charge in [-0.2, -0.15) is 0 Å². The third-order valence-electron chi connectivity index (χ3n) is 2.55. The van der Waals surface area contributed by atoms with Crippen LogP contribution in [0.2, 0.25) is 0 Å². The molecular weight excluding hydrogens is 246 g/mol. The molecule has 92 valence electrons. The maximum absolute atomic E-state index is 9.86. The molecule has 1 rings (SSSR count). The van der Waals surface area contributed by atoms with Crippen molar-refractivity contribution in [2.24, 2.45) is 0 Å². The third kappa shape index (κ3) is 3.36. The van der Waals surface area contributed by atoms with Gasteiger partial charge in [0.05, 0.1) is 6.61 Å². The molecule has 0 aromatic heterocycles. The first-order chi connectivity index (χ1) is 6.96. The number of aliphatic hydroxyl groups excluding tert-OH is 4. The second-order valence-corrected chi connectivity index (χ2v) is 4.23. The molecule has 0 spiro atoms. The summed E-state index contributed by atoms with van der Waals surface area (Å²) >= 11 is 0. The van der Waals surface area contributed by atoms with Gasteiger partial charge in [-0.05, 0) is 6.16 Å². The van der Waals surface area contributed by atoms with E-state index in [0.717, 1.165) is 0 Å². The fraction of sp³-hybridized carbons (Fsp3) is 1.00. The molecule has 8 heteroatoms. The summed E-state index contributed by atoms with van der Waals surface area (Å²) in [6.07, 6.45) is -5.08. The summed E-state index contributed by atoms with van der Waals surface area (Å²) in [6, 6.07) is 0. The van der Waals surface area contributed by atoms with E-state index in [1.165, 1.54) is 0 Å². The summed E-state index contributed by atoms with van der Waals surface area (Å²) in [6.45, 7) is -0.538. The summed E-state index contributed by atoms with van der Waals surface area (Å²) < 4.78 is 4.99. The van der Waals surface area contributed by atoms with Crippen LogP contribution in [0.3, 0.4) is 0 Å². The van der Waals surface area contributed by atoms with E-state index < -0.39 is 36.8 Å². The fourth-order valence-corrected chi connectivity index (χ4v) is 2.05. The van der Waals surface area contributed by atoms with Crippen LogP contribution in [0.4, 0.5) is 0 Å². The number of ether oxygens (including phenoxy) is 1. The number of aliphatic hydroxyl groups is 5. The molecule has 16 heavy (non-hydrogen) atoms. The topological polar surface area (TPSA) is 110 Å². The van der Waals surface area contributed by atoms with Crippen molar-refractivity contribution in [1.29, 1.82) is 0 Å². The van der Waals surface area contributed by atoms with E-state index in [1.54, 1.807) is 0 Å². The Bertz CT molecular complexity index is 219. The molecule has 0 bridgehead atoms. The van der Waals surface area contributed by atoms with E-state index in [4.69, 9.17) is 9.84 Å². The standard InChI is InChI=1S/C8H17O6P.Na.H/c9-3-4-5(10)6(11)7(12)8(13,14-4)1-2-15;;/h4-7,9-13H,1-3,15H2;;/t4-,5-,6+,7-,8-;;/m1../s1. The van der Waals surface area contributed by atoms with Crippen LogP contribution in [0.15, 0.2) is 0 Å². The van der Waals surface area contributed by atoms with Crippen LogP contribution in [0.25, 0.3) is 0 Å². The minimum absolute atomic E-state index is 0. The molecule has 0 aromatic rings. The quantitative estimate of drug-likeness (QED) is 0.271. The van der Waals surface area contributed by atoms with Crippen molar-refractivity contribution in [3.63, 3.8) is 0 Å². The Labute approximate surface area is 118 Å². The van der Waals surface area contributed by atoms with Crippen LogP contribution in [-0.2, 0) is 4.74 Å². The predicted molar refractivity (Wildman–Crippen MR) is 61.3 cm³/mol. The summed E-state index contributed by atoms with van der Waals surface area (Å²) in [4.78, 5) is 0. The second kappa shape index (κ2) is 6.95. The Balaban J connectivity index is 0.00000225. The van der Waals surface area contributed by atoms with Gasteiger partial charge in [0.2, 0.25) is 0 Å². The Morgan fingerprint density at radius 1 is 1.19 bits per heavy atom. The van der Waals surface area contributed by atoms with E-state index in [2.05, 4.69) is 9.24 Å². The van der Waals surface area contributed by atoms with Gasteiger partial charge in [0.15, 0.2) is 5.79 Å². The van der Waals surface area contributed by atoms with Crippen molar-refractivity contribution < 1.29 is 30.3 Å². The van der Waals surface area contributed by atoms with Crippen molar-refractivity contribution in [3.05, 3.63) is 0 Å². The van der Waals surface area contributed by atoms with Gasteiger partial charge >= 0.3 is 29.6 Å². The first-order valence-electron chi connectivity index (χ1n) is 4.71. The van der Waals surface area contributed by atoms with Crippen LogP contribution in [0, 0.1) is 0 Å². The van der Waals surface area contributed by atoms with Gasteiger partial charge in [-0.3, -0.25) is 0 Å². The monoisotopic (exact) mass is 264 g/mol. The first kappa shape index (κ1) is 17.2. The van der Waals surface area contributed by atoms with Crippen molar-refractivity contribution >= 4 is 38.8 Å². The summed E-state index contributed by atoms with van der Waals surface area (Å²) in [5, 5.41) is 47.1. The van der Waals surface area contributed by atoms with Gasteiger partial charge in [-0.1, -0.05) is 0 Å². The van der Waals surface area contributed by atoms with Crippen LogP contribution in [0.1, 0.15) is 6.42 Å². The Morgan fingerprint density at radius 3 is 2.19 bits per heavy atom. The zero-order valence-corrected chi connectivity index (χ0v) is 9.31. The molecule has 1 saturated heterocycles. The van der Waals surface area contributed by atoms with Crippen LogP contribution in [-0.4, -0.2) is 98.1 Å². The van der Waals surface area contributed by atoms with Gasteiger partial charge in [0.1, 0.15) is 24.4 Å². The third-order valence-corrected chi connectivity index (χ3v) is 2.84. The summed E-state index contributed by atoms with van der Waals surface area (Å²) in [5.41, 5.74) is 0. The zero-order valence-electron chi connectivity index (χ0n) is 8.15. The van der Waals surface area contributed by atoms with Crippen molar-refractivity contribution in [2.75, 3.05) is 12.8 Å². The van der Waals surface area contributed by atoms with Gasteiger partial charge in [-0.25, -0.2) is 0 Å². The molecule has 5 N–H and O–H groups in total. The molecule has 1 heterocycles. The maximum atomic E-state index is 9.86. The van der Waals surface area contributed by atoms with E-state index >= 15 is 0 Å². The molecule has 1 aliphatic rings. The molecule has 0 amide bonds. The van der Waals surface area contributed by atoms with Crippen molar-refractivity contribution in [2.45, 2.75) is 36.6 Å². The average Bonchev–Trinajstić information content (AvgIpc) is 2.21. The number of hydrogen-bond acceptors (Lipinski definition) is 6. The SMILES string of the molecule is OC[C@H]1O[C@](O)(CCP)[C@H](O)[C@@H](O)[C@@H]1O.[NaH]. The number of rotatable bonds is 3. The molecule has 6 nitrogen and oxygen atoms in total. The Morgan fingerprint density at radius 2 is 1.75 bits per heavy atom. The van der Waals surface area contributed by atoms with Crippen LogP contribution in [0.5, 0.6) is 0 Å². The average molecular weight is 264 g/mol. The van der Waals surface area contributed by atoms with E-state index in [-0.39, 0.29) is 36.0 Å². The Kier molecular flexibility index (Phi) is 7.46. The second-order valence-electron chi connectivity index (χ2n) is 3.65. The van der Waals surface area contributed by atoms with Crippen LogP contribution >= 0.6 is 9.24 Å². The molecule has 0 saturated carbocycles. The number of hydrogen-bond donors (Lipinski definition) is 5. The molecule has 1 unspecified atom stereocenters. The van der Waals surface area contributed by atoms with Gasteiger partial charge in [0, 0.05) is 6.42 Å². The molecule has 1 fully saturated rings. The van der Waals surface area contributed by atoms with Crippen molar-refractivity contribution in [3.8, 4) is 0 Å². The minimum atomic E-state index is -1.92. The van der Waals surface area contributed by atoms with Gasteiger partial charge in [-0.15, -0.1) is 9.24 Å². The summed E-state index contributed by atoms with van der Waals surface area (Å²) in [5.74, 6) is -1.92. The van der Waals surface area contributed by atoms with Crippen molar-refractivity contribution in [1.82, 2.24) is 0 Å². The van der Waals surface area contributed by atoms with E-state index in [9.17, 15) is 20.4 Å².